The van der Waals surface area contributed by atoms with Crippen LogP contribution >= 0.6 is 0 Å². The largest absolute Gasteiger partial charge is 0.340 e. The van der Waals surface area contributed by atoms with Crippen molar-refractivity contribution < 1.29 is 4.74 Å². The minimum Gasteiger partial charge on any atom is -0.340 e. The molecule has 0 spiro atoms. The van der Waals surface area contributed by atoms with E-state index in [9.17, 15) is 0 Å². The van der Waals surface area contributed by atoms with Crippen LogP contribution < -0.4 is 9.80 Å². The first kappa shape index (κ1) is 17.0. The number of ether oxygens (including phenoxy) is 1. The summed E-state index contributed by atoms with van der Waals surface area (Å²) in [5.74, 6) is 1.68. The average molecular weight is 370 g/mol. The van der Waals surface area contributed by atoms with Gasteiger partial charge in [-0.2, -0.15) is 0 Å². The van der Waals surface area contributed by atoms with Crippen LogP contribution in [0.5, 0.6) is 0 Å². The number of fused-ring (bicyclic) bond motifs is 2. The number of hydrogen-bond acceptors (Lipinski definition) is 5. The van der Waals surface area contributed by atoms with E-state index in [0.717, 1.165) is 41.2 Å². The van der Waals surface area contributed by atoms with Gasteiger partial charge in [0.1, 0.15) is 0 Å². The molecule has 1 atom stereocenters. The molecule has 5 rings (SSSR count). The zero-order chi connectivity index (χ0) is 18.9. The molecule has 0 saturated heterocycles. The predicted molar refractivity (Wildman–Crippen MR) is 112 cm³/mol. The Morgan fingerprint density at radius 2 is 1.61 bits per heavy atom. The Labute approximate surface area is 164 Å². The summed E-state index contributed by atoms with van der Waals surface area (Å²) < 4.78 is 6.25. The van der Waals surface area contributed by atoms with Gasteiger partial charge in [0.05, 0.1) is 11.0 Å². The van der Waals surface area contributed by atoms with E-state index in [-0.39, 0.29) is 6.35 Å². The predicted octanol–water partition coefficient (Wildman–Crippen LogP) is 5.14. The van der Waals surface area contributed by atoms with Crippen molar-refractivity contribution in [3.63, 3.8) is 0 Å². The first-order chi connectivity index (χ1) is 13.9. The lowest BCUT2D eigenvalue weighted by molar-refractivity contribution is 0.0735. The molecule has 3 aromatic rings. The van der Waals surface area contributed by atoms with E-state index in [1.54, 1.807) is 0 Å². The summed E-state index contributed by atoms with van der Waals surface area (Å²) in [4.78, 5) is 14.3. The number of benzene rings is 2. The summed E-state index contributed by atoms with van der Waals surface area (Å²) in [6.07, 6.45) is 8.12. The number of hydrogen-bond donors (Lipinski definition) is 0. The zero-order valence-electron chi connectivity index (χ0n) is 15.8. The molecule has 1 unspecified atom stereocenters. The second kappa shape index (κ2) is 7.09. The van der Waals surface area contributed by atoms with Gasteiger partial charge < -0.3 is 4.74 Å². The Hall–Kier alpha value is -3.18. The monoisotopic (exact) mass is 370 g/mol. The lowest BCUT2D eigenvalue weighted by atomic mass is 10.1. The van der Waals surface area contributed by atoms with Gasteiger partial charge in [-0.15, -0.1) is 0 Å². The van der Waals surface area contributed by atoms with E-state index in [0.29, 0.717) is 6.61 Å². The van der Waals surface area contributed by atoms with Crippen molar-refractivity contribution in [1.82, 2.24) is 9.97 Å². The zero-order valence-corrected chi connectivity index (χ0v) is 15.8. The molecular formula is C23H22N4O. The van der Waals surface area contributed by atoms with E-state index in [4.69, 9.17) is 14.7 Å². The molecule has 2 aliphatic rings. The maximum absolute atomic E-state index is 6.25. The molecule has 0 amide bonds. The third kappa shape index (κ3) is 2.75. The van der Waals surface area contributed by atoms with Crippen LogP contribution in [0.2, 0.25) is 0 Å². The normalized spacial score (nSPS) is 18.5. The number of anilines is 3. The number of aromatic nitrogens is 2. The number of allylic oxidation sites excluding steroid dienone is 4. The summed E-state index contributed by atoms with van der Waals surface area (Å²) >= 11 is 0. The molecule has 140 valence electrons. The fourth-order valence-corrected chi connectivity index (χ4v) is 3.83. The highest BCUT2D eigenvalue weighted by Crippen LogP contribution is 2.45. The molecule has 5 heteroatoms. The van der Waals surface area contributed by atoms with Crippen molar-refractivity contribution in [2.24, 2.45) is 0 Å². The summed E-state index contributed by atoms with van der Waals surface area (Å²) in [5, 5.41) is 0. The van der Waals surface area contributed by atoms with Gasteiger partial charge in [0.25, 0.3) is 0 Å². The van der Waals surface area contributed by atoms with Gasteiger partial charge in [-0.3, -0.25) is 9.80 Å². The first-order valence-electron chi connectivity index (χ1n) is 9.74. The van der Waals surface area contributed by atoms with Crippen LogP contribution in [-0.4, -0.2) is 22.9 Å². The van der Waals surface area contributed by atoms with Gasteiger partial charge in [0.2, 0.25) is 6.35 Å². The third-order valence-corrected chi connectivity index (χ3v) is 5.08. The molecule has 1 aliphatic carbocycles. The molecule has 0 fully saturated rings. The van der Waals surface area contributed by atoms with Crippen LogP contribution in [0.25, 0.3) is 11.0 Å². The second-order valence-electron chi connectivity index (χ2n) is 6.84. The van der Waals surface area contributed by atoms with Crippen molar-refractivity contribution >= 4 is 28.4 Å². The standard InChI is InChI=1S/C23H22N4O/c1-2-28-23-26(17-11-5-3-6-12-17)21-22(27(23)18-13-7-4-8-14-18)25-20-16-10-9-15-19(20)24-21/h3-7,9-13,15-16,23H,2,8,14H2,1H3. The molecule has 0 N–H and O–H groups in total. The molecule has 1 aliphatic heterocycles. The Balaban J connectivity index is 1.75. The Kier molecular flexibility index (Phi) is 4.29. The molecule has 2 heterocycles. The fourth-order valence-electron chi connectivity index (χ4n) is 3.83. The molecular weight excluding hydrogens is 348 g/mol. The molecule has 0 radical (unpaired) electrons. The highest BCUT2D eigenvalue weighted by atomic mass is 16.5. The molecule has 5 nitrogen and oxygen atoms in total. The topological polar surface area (TPSA) is 41.5 Å². The summed E-state index contributed by atoms with van der Waals surface area (Å²) in [7, 11) is 0. The van der Waals surface area contributed by atoms with E-state index >= 15 is 0 Å². The highest BCUT2D eigenvalue weighted by Gasteiger charge is 2.42. The lowest BCUT2D eigenvalue weighted by Gasteiger charge is -2.33. The molecule has 1 aromatic heterocycles. The van der Waals surface area contributed by atoms with E-state index in [2.05, 4.69) is 40.2 Å². The maximum Gasteiger partial charge on any atom is 0.221 e. The SMILES string of the molecule is CCOC1N(C2=CC=CCC2)c2nc3ccccc3nc2N1c1ccccc1. The van der Waals surface area contributed by atoms with Crippen LogP contribution in [-0.2, 0) is 4.74 Å². The van der Waals surface area contributed by atoms with Gasteiger partial charge in [-0.05, 0) is 50.1 Å². The van der Waals surface area contributed by atoms with Crippen molar-refractivity contribution in [2.75, 3.05) is 16.4 Å². The second-order valence-corrected chi connectivity index (χ2v) is 6.84. The number of para-hydroxylation sites is 3. The maximum atomic E-state index is 6.25. The number of nitrogens with zero attached hydrogens (tertiary/aromatic N) is 4. The van der Waals surface area contributed by atoms with Crippen molar-refractivity contribution in [1.29, 1.82) is 0 Å². The third-order valence-electron chi connectivity index (χ3n) is 5.08. The van der Waals surface area contributed by atoms with Crippen molar-refractivity contribution in [3.8, 4) is 0 Å². The van der Waals surface area contributed by atoms with Gasteiger partial charge >= 0.3 is 0 Å². The molecule has 28 heavy (non-hydrogen) atoms. The van der Waals surface area contributed by atoms with Crippen molar-refractivity contribution in [2.45, 2.75) is 26.1 Å². The van der Waals surface area contributed by atoms with E-state index < -0.39 is 0 Å². The Bertz CT molecular complexity index is 1060. The molecule has 0 saturated carbocycles. The minimum atomic E-state index is -0.308. The van der Waals surface area contributed by atoms with Gasteiger partial charge in [-0.25, -0.2) is 9.97 Å². The lowest BCUT2D eigenvalue weighted by Crippen LogP contribution is -2.43. The smallest absolute Gasteiger partial charge is 0.221 e. The van der Waals surface area contributed by atoms with Crippen LogP contribution in [0.4, 0.5) is 17.3 Å². The van der Waals surface area contributed by atoms with Crippen molar-refractivity contribution in [3.05, 3.63) is 78.5 Å². The molecule has 0 bridgehead atoms. The van der Waals surface area contributed by atoms with Crippen LogP contribution in [0.1, 0.15) is 19.8 Å². The van der Waals surface area contributed by atoms with E-state index in [1.165, 1.54) is 5.70 Å². The van der Waals surface area contributed by atoms with Crippen LogP contribution in [0, 0.1) is 0 Å². The first-order valence-corrected chi connectivity index (χ1v) is 9.74. The van der Waals surface area contributed by atoms with Gasteiger partial charge in [0.15, 0.2) is 11.6 Å². The van der Waals surface area contributed by atoms with Crippen LogP contribution in [0.15, 0.2) is 78.5 Å². The summed E-state index contributed by atoms with van der Waals surface area (Å²) in [6, 6.07) is 18.3. The fraction of sp³-hybridized carbons (Fsp3) is 0.217. The Morgan fingerprint density at radius 1 is 0.929 bits per heavy atom. The van der Waals surface area contributed by atoms with Gasteiger partial charge in [-0.1, -0.05) is 42.5 Å². The van der Waals surface area contributed by atoms with E-state index in [1.807, 2.05) is 49.4 Å². The highest BCUT2D eigenvalue weighted by molar-refractivity contribution is 5.87. The summed E-state index contributed by atoms with van der Waals surface area (Å²) in [5.41, 5.74) is 4.02. The van der Waals surface area contributed by atoms with Crippen LogP contribution in [0.3, 0.4) is 0 Å². The van der Waals surface area contributed by atoms with Gasteiger partial charge in [0, 0.05) is 18.0 Å². The quantitative estimate of drug-likeness (QED) is 0.636. The minimum absolute atomic E-state index is 0.308. The Morgan fingerprint density at radius 3 is 2.25 bits per heavy atom. The number of rotatable bonds is 4. The molecule has 2 aromatic carbocycles. The summed E-state index contributed by atoms with van der Waals surface area (Å²) in [6.45, 7) is 2.62. The average Bonchev–Trinajstić information content (AvgIpc) is 3.06.